The standard InChI is InChI=1S/C14H14O2S/c1-11(15)14-9-4-3-7-13(14)8-5-6-10-17-12(2)16/h3-4,7,9H,6,10H2,1-2H3. The highest BCUT2D eigenvalue weighted by Crippen LogP contribution is 2.08. The Morgan fingerprint density at radius 3 is 2.59 bits per heavy atom. The highest BCUT2D eigenvalue weighted by atomic mass is 32.2. The first-order chi connectivity index (χ1) is 8.11. The Hall–Kier alpha value is -1.53. The number of hydrogen-bond acceptors (Lipinski definition) is 3. The second-order valence-electron chi connectivity index (χ2n) is 3.49. The minimum absolute atomic E-state index is 0.0213. The molecule has 88 valence electrons. The molecule has 1 rings (SSSR count). The summed E-state index contributed by atoms with van der Waals surface area (Å²) in [5.74, 6) is 6.67. The van der Waals surface area contributed by atoms with E-state index in [-0.39, 0.29) is 10.9 Å². The van der Waals surface area contributed by atoms with E-state index in [4.69, 9.17) is 0 Å². The zero-order chi connectivity index (χ0) is 12.7. The molecule has 0 radical (unpaired) electrons. The number of carbonyl (C=O) groups excluding carboxylic acids is 2. The fraction of sp³-hybridized carbons (Fsp3) is 0.286. The minimum Gasteiger partial charge on any atom is -0.294 e. The number of benzene rings is 1. The number of hydrogen-bond donors (Lipinski definition) is 0. The van der Waals surface area contributed by atoms with Crippen LogP contribution >= 0.6 is 11.8 Å². The van der Waals surface area contributed by atoms with Gasteiger partial charge in [0.25, 0.3) is 0 Å². The Labute approximate surface area is 106 Å². The molecule has 0 unspecified atom stereocenters. The first kappa shape index (κ1) is 13.5. The second kappa shape index (κ2) is 6.93. The summed E-state index contributed by atoms with van der Waals surface area (Å²) in [6.45, 7) is 3.08. The topological polar surface area (TPSA) is 34.1 Å². The first-order valence-electron chi connectivity index (χ1n) is 5.33. The van der Waals surface area contributed by atoms with Crippen LogP contribution in [0.4, 0.5) is 0 Å². The molecule has 0 N–H and O–H groups in total. The van der Waals surface area contributed by atoms with E-state index in [2.05, 4.69) is 11.8 Å². The zero-order valence-corrected chi connectivity index (χ0v) is 10.8. The van der Waals surface area contributed by atoms with E-state index >= 15 is 0 Å². The maximum Gasteiger partial charge on any atom is 0.185 e. The Balaban J connectivity index is 2.65. The molecule has 0 spiro atoms. The summed E-state index contributed by atoms with van der Waals surface area (Å²) in [5, 5.41) is 0.107. The van der Waals surface area contributed by atoms with Crippen LogP contribution in [0.5, 0.6) is 0 Å². The van der Waals surface area contributed by atoms with Gasteiger partial charge in [0, 0.05) is 30.2 Å². The van der Waals surface area contributed by atoms with Crippen molar-refractivity contribution < 1.29 is 9.59 Å². The molecule has 0 aliphatic carbocycles. The maximum absolute atomic E-state index is 11.3. The molecule has 0 amide bonds. The lowest BCUT2D eigenvalue weighted by molar-refractivity contribution is -0.109. The molecular formula is C14H14O2S. The molecule has 0 bridgehead atoms. The lowest BCUT2D eigenvalue weighted by Crippen LogP contribution is -1.95. The Morgan fingerprint density at radius 2 is 1.94 bits per heavy atom. The summed E-state index contributed by atoms with van der Waals surface area (Å²) in [5.41, 5.74) is 1.41. The third kappa shape index (κ3) is 4.88. The van der Waals surface area contributed by atoms with E-state index in [1.165, 1.54) is 18.7 Å². The number of carbonyl (C=O) groups is 2. The van der Waals surface area contributed by atoms with E-state index in [0.29, 0.717) is 17.7 Å². The monoisotopic (exact) mass is 246 g/mol. The first-order valence-corrected chi connectivity index (χ1v) is 6.32. The average molecular weight is 246 g/mol. The summed E-state index contributed by atoms with van der Waals surface area (Å²) >= 11 is 1.27. The third-order valence-electron chi connectivity index (χ3n) is 2.06. The lowest BCUT2D eigenvalue weighted by Gasteiger charge is -1.98. The van der Waals surface area contributed by atoms with Crippen LogP contribution in [0.25, 0.3) is 0 Å². The van der Waals surface area contributed by atoms with Crippen LogP contribution in [0, 0.1) is 11.8 Å². The third-order valence-corrected chi connectivity index (χ3v) is 2.88. The predicted molar refractivity (Wildman–Crippen MR) is 71.1 cm³/mol. The van der Waals surface area contributed by atoms with Gasteiger partial charge in [0.1, 0.15) is 0 Å². The summed E-state index contributed by atoms with van der Waals surface area (Å²) in [6.07, 6.45) is 0.649. The second-order valence-corrected chi connectivity index (χ2v) is 4.77. The molecule has 1 aromatic rings. The molecule has 0 fully saturated rings. The molecule has 0 aliphatic heterocycles. The number of ketones is 1. The molecule has 0 saturated heterocycles. The lowest BCUT2D eigenvalue weighted by atomic mass is 10.1. The quantitative estimate of drug-likeness (QED) is 0.467. The van der Waals surface area contributed by atoms with Crippen LogP contribution in [0.3, 0.4) is 0 Å². The van der Waals surface area contributed by atoms with Gasteiger partial charge in [-0.1, -0.05) is 41.8 Å². The molecule has 3 heteroatoms. The number of Topliss-reactive ketones (excluding diaryl/α,β-unsaturated/α-hetero) is 1. The fourth-order valence-electron chi connectivity index (χ4n) is 1.30. The van der Waals surface area contributed by atoms with Crippen molar-refractivity contribution in [2.75, 3.05) is 5.75 Å². The van der Waals surface area contributed by atoms with Gasteiger partial charge in [0.15, 0.2) is 10.9 Å². The van der Waals surface area contributed by atoms with Crippen LogP contribution in [0.1, 0.15) is 36.2 Å². The van der Waals surface area contributed by atoms with Crippen molar-refractivity contribution in [3.63, 3.8) is 0 Å². The van der Waals surface area contributed by atoms with Crippen LogP contribution in [0.15, 0.2) is 24.3 Å². The Bertz CT molecular complexity index is 480. The molecular weight excluding hydrogens is 232 g/mol. The van der Waals surface area contributed by atoms with Gasteiger partial charge >= 0.3 is 0 Å². The molecule has 0 heterocycles. The molecule has 1 aromatic carbocycles. The number of thioether (sulfide) groups is 1. The normalized spacial score (nSPS) is 9.29. The fourth-order valence-corrected chi connectivity index (χ4v) is 1.79. The predicted octanol–water partition coefficient (Wildman–Crippen LogP) is 2.91. The molecule has 0 saturated carbocycles. The molecule has 0 atom stereocenters. The Morgan fingerprint density at radius 1 is 1.24 bits per heavy atom. The van der Waals surface area contributed by atoms with Gasteiger partial charge in [-0.25, -0.2) is 0 Å². The van der Waals surface area contributed by atoms with Crippen molar-refractivity contribution >= 4 is 22.7 Å². The highest BCUT2D eigenvalue weighted by molar-refractivity contribution is 8.13. The summed E-state index contributed by atoms with van der Waals surface area (Å²) in [6, 6.07) is 7.30. The van der Waals surface area contributed by atoms with Gasteiger partial charge in [-0.05, 0) is 13.0 Å². The van der Waals surface area contributed by atoms with Crippen molar-refractivity contribution in [1.82, 2.24) is 0 Å². The summed E-state index contributed by atoms with van der Waals surface area (Å²) in [4.78, 5) is 22.0. The van der Waals surface area contributed by atoms with E-state index in [1.807, 2.05) is 18.2 Å². The van der Waals surface area contributed by atoms with E-state index in [9.17, 15) is 9.59 Å². The molecule has 0 aliphatic rings. The van der Waals surface area contributed by atoms with E-state index < -0.39 is 0 Å². The smallest absolute Gasteiger partial charge is 0.185 e. The van der Waals surface area contributed by atoms with Gasteiger partial charge < -0.3 is 0 Å². The van der Waals surface area contributed by atoms with Crippen molar-refractivity contribution in [2.24, 2.45) is 0 Å². The van der Waals surface area contributed by atoms with Crippen molar-refractivity contribution in [3.8, 4) is 11.8 Å². The van der Waals surface area contributed by atoms with Crippen LogP contribution in [-0.4, -0.2) is 16.7 Å². The van der Waals surface area contributed by atoms with Gasteiger partial charge in [0.2, 0.25) is 0 Å². The molecule has 2 nitrogen and oxygen atoms in total. The summed E-state index contributed by atoms with van der Waals surface area (Å²) in [7, 11) is 0. The SMILES string of the molecule is CC(=O)SCCC#Cc1ccccc1C(C)=O. The van der Waals surface area contributed by atoms with E-state index in [0.717, 1.165) is 5.56 Å². The molecule has 0 aromatic heterocycles. The zero-order valence-electron chi connectivity index (χ0n) is 9.95. The van der Waals surface area contributed by atoms with Crippen molar-refractivity contribution in [1.29, 1.82) is 0 Å². The van der Waals surface area contributed by atoms with Gasteiger partial charge in [0.05, 0.1) is 0 Å². The van der Waals surface area contributed by atoms with Crippen molar-refractivity contribution in [2.45, 2.75) is 20.3 Å². The number of rotatable bonds is 3. The Kier molecular flexibility index (Phi) is 5.51. The van der Waals surface area contributed by atoms with Gasteiger partial charge in [-0.15, -0.1) is 0 Å². The average Bonchev–Trinajstić information content (AvgIpc) is 2.28. The van der Waals surface area contributed by atoms with Crippen molar-refractivity contribution in [3.05, 3.63) is 35.4 Å². The highest BCUT2D eigenvalue weighted by Gasteiger charge is 2.02. The van der Waals surface area contributed by atoms with Crippen LogP contribution in [-0.2, 0) is 4.79 Å². The summed E-state index contributed by atoms with van der Waals surface area (Å²) < 4.78 is 0. The molecule has 17 heavy (non-hydrogen) atoms. The van der Waals surface area contributed by atoms with Crippen LogP contribution in [0.2, 0.25) is 0 Å². The minimum atomic E-state index is 0.0213. The largest absolute Gasteiger partial charge is 0.294 e. The van der Waals surface area contributed by atoms with Gasteiger partial charge in [-0.3, -0.25) is 9.59 Å². The maximum atomic E-state index is 11.3. The van der Waals surface area contributed by atoms with E-state index in [1.54, 1.807) is 13.0 Å². The van der Waals surface area contributed by atoms with Gasteiger partial charge in [-0.2, -0.15) is 0 Å². The van der Waals surface area contributed by atoms with Crippen LogP contribution < -0.4 is 0 Å².